The molecular formula is C16H17ClN4O3. The highest BCUT2D eigenvalue weighted by Crippen LogP contribution is 2.45. The van der Waals surface area contributed by atoms with Crippen molar-refractivity contribution in [3.05, 3.63) is 41.2 Å². The van der Waals surface area contributed by atoms with Crippen molar-refractivity contribution in [2.45, 2.75) is 25.7 Å². The highest BCUT2D eigenvalue weighted by atomic mass is 35.5. The van der Waals surface area contributed by atoms with E-state index in [1.165, 1.54) is 0 Å². The summed E-state index contributed by atoms with van der Waals surface area (Å²) in [5.41, 5.74) is 0.645. The van der Waals surface area contributed by atoms with Crippen molar-refractivity contribution < 1.29 is 14.7 Å². The summed E-state index contributed by atoms with van der Waals surface area (Å²) in [6, 6.07) is 7.28. The van der Waals surface area contributed by atoms with Crippen LogP contribution in [0.25, 0.3) is 5.69 Å². The maximum absolute atomic E-state index is 11.9. The number of carboxylic acid groups (broad SMARTS) is 1. The van der Waals surface area contributed by atoms with Crippen molar-refractivity contribution in [1.82, 2.24) is 20.3 Å². The van der Waals surface area contributed by atoms with Gasteiger partial charge in [0.1, 0.15) is 0 Å². The van der Waals surface area contributed by atoms with Crippen molar-refractivity contribution in [3.63, 3.8) is 0 Å². The Kier molecular flexibility index (Phi) is 4.53. The molecule has 1 fully saturated rings. The van der Waals surface area contributed by atoms with E-state index in [9.17, 15) is 9.59 Å². The number of halogens is 1. The molecule has 2 aromatic rings. The molecule has 0 saturated heterocycles. The first-order valence-corrected chi connectivity index (χ1v) is 8.04. The Morgan fingerprint density at radius 1 is 1.33 bits per heavy atom. The molecule has 1 amide bonds. The maximum Gasteiger partial charge on any atom is 0.311 e. The van der Waals surface area contributed by atoms with Crippen LogP contribution in [0.5, 0.6) is 0 Å². The van der Waals surface area contributed by atoms with Crippen LogP contribution in [-0.4, -0.2) is 38.5 Å². The Morgan fingerprint density at radius 3 is 2.75 bits per heavy atom. The Hall–Kier alpha value is -2.41. The van der Waals surface area contributed by atoms with Gasteiger partial charge in [-0.25, -0.2) is 4.68 Å². The molecule has 2 N–H and O–H groups in total. The molecule has 126 valence electrons. The molecule has 7 nitrogen and oxygen atoms in total. The normalized spacial score (nSPS) is 15.0. The van der Waals surface area contributed by atoms with Gasteiger partial charge >= 0.3 is 5.97 Å². The van der Waals surface area contributed by atoms with E-state index in [2.05, 4.69) is 15.6 Å². The van der Waals surface area contributed by atoms with E-state index in [0.717, 1.165) is 5.69 Å². The molecule has 1 heterocycles. The van der Waals surface area contributed by atoms with Gasteiger partial charge in [0, 0.05) is 19.4 Å². The Bertz CT molecular complexity index is 770. The lowest BCUT2D eigenvalue weighted by Gasteiger charge is -2.10. The molecule has 1 aromatic heterocycles. The molecule has 0 bridgehead atoms. The van der Waals surface area contributed by atoms with Crippen molar-refractivity contribution in [1.29, 1.82) is 0 Å². The van der Waals surface area contributed by atoms with E-state index in [-0.39, 0.29) is 18.9 Å². The van der Waals surface area contributed by atoms with Crippen molar-refractivity contribution >= 4 is 23.5 Å². The first-order chi connectivity index (χ1) is 11.5. The van der Waals surface area contributed by atoms with Crippen LogP contribution in [-0.2, 0) is 16.0 Å². The number of carbonyl (C=O) groups excluding carboxylic acids is 1. The van der Waals surface area contributed by atoms with Crippen LogP contribution in [0.15, 0.2) is 30.5 Å². The molecule has 24 heavy (non-hydrogen) atoms. The second-order valence-electron chi connectivity index (χ2n) is 5.97. The zero-order valence-electron chi connectivity index (χ0n) is 12.9. The zero-order valence-corrected chi connectivity index (χ0v) is 13.7. The molecule has 0 atom stereocenters. The lowest BCUT2D eigenvalue weighted by atomic mass is 10.1. The lowest BCUT2D eigenvalue weighted by Crippen LogP contribution is -2.34. The molecule has 0 spiro atoms. The number of hydrogen-bond donors (Lipinski definition) is 2. The number of rotatable bonds is 7. The van der Waals surface area contributed by atoms with E-state index in [1.807, 2.05) is 18.2 Å². The molecule has 1 aliphatic carbocycles. The highest BCUT2D eigenvalue weighted by Gasteiger charge is 2.50. The molecule has 1 aliphatic rings. The van der Waals surface area contributed by atoms with E-state index < -0.39 is 11.4 Å². The van der Waals surface area contributed by atoms with Gasteiger partial charge in [-0.2, -0.15) is 0 Å². The number of nitrogens with zero attached hydrogens (tertiary/aromatic N) is 3. The number of benzene rings is 1. The van der Waals surface area contributed by atoms with E-state index in [0.29, 0.717) is 30.0 Å². The van der Waals surface area contributed by atoms with E-state index in [4.69, 9.17) is 16.7 Å². The SMILES string of the molecule is O=C(CCc1cn(-c2ccccc2Cl)nn1)NCC1(C(=O)O)CC1. The van der Waals surface area contributed by atoms with Gasteiger partial charge in [0.05, 0.1) is 28.0 Å². The number of para-hydroxylation sites is 1. The highest BCUT2D eigenvalue weighted by molar-refractivity contribution is 6.32. The number of aromatic nitrogens is 3. The summed E-state index contributed by atoms with van der Waals surface area (Å²) in [5, 5.41) is 20.4. The quantitative estimate of drug-likeness (QED) is 0.795. The second-order valence-corrected chi connectivity index (χ2v) is 6.38. The number of hydrogen-bond acceptors (Lipinski definition) is 4. The summed E-state index contributed by atoms with van der Waals surface area (Å²) in [4.78, 5) is 22.9. The Morgan fingerprint density at radius 2 is 2.08 bits per heavy atom. The molecule has 0 unspecified atom stereocenters. The third kappa shape index (κ3) is 3.56. The van der Waals surface area contributed by atoms with Crippen LogP contribution in [0.2, 0.25) is 5.02 Å². The molecule has 0 aliphatic heterocycles. The summed E-state index contributed by atoms with van der Waals surface area (Å²) >= 11 is 6.11. The van der Waals surface area contributed by atoms with Gasteiger partial charge in [0.25, 0.3) is 0 Å². The minimum atomic E-state index is -0.842. The fourth-order valence-electron chi connectivity index (χ4n) is 2.38. The number of aryl methyl sites for hydroxylation is 1. The first-order valence-electron chi connectivity index (χ1n) is 7.66. The summed E-state index contributed by atoms with van der Waals surface area (Å²) < 4.78 is 1.57. The minimum absolute atomic E-state index is 0.185. The summed E-state index contributed by atoms with van der Waals surface area (Å²) in [6.45, 7) is 0.188. The van der Waals surface area contributed by atoms with Gasteiger partial charge in [-0.1, -0.05) is 28.9 Å². The van der Waals surface area contributed by atoms with Gasteiger partial charge in [-0.05, 0) is 25.0 Å². The van der Waals surface area contributed by atoms with Crippen molar-refractivity contribution in [2.24, 2.45) is 5.41 Å². The number of aliphatic carboxylic acids is 1. The predicted octanol–water partition coefficient (Wildman–Crippen LogP) is 1.83. The third-order valence-corrected chi connectivity index (χ3v) is 4.50. The average Bonchev–Trinajstić information content (AvgIpc) is 3.23. The van der Waals surface area contributed by atoms with Crippen LogP contribution in [0.3, 0.4) is 0 Å². The third-order valence-electron chi connectivity index (χ3n) is 4.18. The van der Waals surface area contributed by atoms with Gasteiger partial charge in [0.15, 0.2) is 0 Å². The fourth-order valence-corrected chi connectivity index (χ4v) is 2.61. The molecule has 1 saturated carbocycles. The monoisotopic (exact) mass is 348 g/mol. The average molecular weight is 349 g/mol. The Labute approximate surface area is 143 Å². The van der Waals surface area contributed by atoms with Crippen molar-refractivity contribution in [2.75, 3.05) is 6.54 Å². The van der Waals surface area contributed by atoms with Crippen LogP contribution in [0.1, 0.15) is 25.0 Å². The standard InChI is InChI=1S/C16H17ClN4O3/c17-12-3-1-2-4-13(12)21-9-11(19-20-21)5-6-14(22)18-10-16(7-8-16)15(23)24/h1-4,9H,5-8,10H2,(H,18,22)(H,23,24). The summed E-state index contributed by atoms with van der Waals surface area (Å²) in [6.07, 6.45) is 3.63. The van der Waals surface area contributed by atoms with Crippen LogP contribution >= 0.6 is 11.6 Å². The van der Waals surface area contributed by atoms with Crippen LogP contribution in [0.4, 0.5) is 0 Å². The topological polar surface area (TPSA) is 97.1 Å². The second kappa shape index (κ2) is 6.60. The Balaban J connectivity index is 1.51. The maximum atomic E-state index is 11.9. The molecule has 0 radical (unpaired) electrons. The number of carboxylic acids is 1. The fraction of sp³-hybridized carbons (Fsp3) is 0.375. The molecule has 3 rings (SSSR count). The number of amides is 1. The predicted molar refractivity (Wildman–Crippen MR) is 87.0 cm³/mol. The van der Waals surface area contributed by atoms with Crippen molar-refractivity contribution in [3.8, 4) is 5.69 Å². The van der Waals surface area contributed by atoms with Crippen LogP contribution < -0.4 is 5.32 Å². The van der Waals surface area contributed by atoms with Crippen LogP contribution in [0, 0.1) is 5.41 Å². The van der Waals surface area contributed by atoms with Gasteiger partial charge in [0.2, 0.25) is 5.91 Å². The van der Waals surface area contributed by atoms with Gasteiger partial charge in [-0.3, -0.25) is 9.59 Å². The number of nitrogens with one attached hydrogen (secondary N) is 1. The van der Waals surface area contributed by atoms with Gasteiger partial charge in [-0.15, -0.1) is 5.10 Å². The summed E-state index contributed by atoms with van der Waals surface area (Å²) in [7, 11) is 0. The largest absolute Gasteiger partial charge is 0.481 e. The minimum Gasteiger partial charge on any atom is -0.481 e. The lowest BCUT2D eigenvalue weighted by molar-refractivity contribution is -0.143. The van der Waals surface area contributed by atoms with E-state index >= 15 is 0 Å². The molecule has 1 aromatic carbocycles. The number of carbonyl (C=O) groups is 2. The molecule has 8 heteroatoms. The molecular weight excluding hydrogens is 332 g/mol. The smallest absolute Gasteiger partial charge is 0.311 e. The van der Waals surface area contributed by atoms with E-state index in [1.54, 1.807) is 16.9 Å². The zero-order chi connectivity index (χ0) is 17.2. The van der Waals surface area contributed by atoms with Gasteiger partial charge < -0.3 is 10.4 Å². The summed E-state index contributed by atoms with van der Waals surface area (Å²) in [5.74, 6) is -1.03. The first kappa shape index (κ1) is 16.4.